The highest BCUT2D eigenvalue weighted by Crippen LogP contribution is 2.27. The molecule has 0 heterocycles. The van der Waals surface area contributed by atoms with Crippen LogP contribution in [-0.2, 0) is 10.0 Å². The molecule has 2 aromatic rings. The Balaban J connectivity index is 1.51. The van der Waals surface area contributed by atoms with Crippen LogP contribution in [0.5, 0.6) is 5.75 Å². The zero-order valence-corrected chi connectivity index (χ0v) is 18.3. The second kappa shape index (κ2) is 8.96. The highest BCUT2D eigenvalue weighted by Gasteiger charge is 2.31. The molecular weight excluding hydrogens is 419 g/mol. The fourth-order valence-electron chi connectivity index (χ4n) is 3.85. The maximum atomic E-state index is 14.0. The number of rotatable bonds is 7. The molecule has 2 unspecified atom stereocenters. The zero-order valence-electron chi connectivity index (χ0n) is 17.4. The minimum atomic E-state index is -3.66. The number of sulfonamides is 1. The fraction of sp³-hybridized carbons (Fsp3) is 0.435. The summed E-state index contributed by atoms with van der Waals surface area (Å²) in [6.07, 6.45) is 4.61. The zero-order chi connectivity index (χ0) is 22.0. The van der Waals surface area contributed by atoms with Gasteiger partial charge in [0.2, 0.25) is 10.0 Å². The maximum Gasteiger partial charge on any atom is 0.251 e. The number of amides is 1. The highest BCUT2D eigenvalue weighted by atomic mass is 32.2. The predicted molar refractivity (Wildman–Crippen MR) is 115 cm³/mol. The normalized spacial score (nSPS) is 21.5. The van der Waals surface area contributed by atoms with E-state index in [0.717, 1.165) is 25.7 Å². The van der Waals surface area contributed by atoms with Crippen molar-refractivity contribution in [2.75, 3.05) is 0 Å². The Hall–Kier alpha value is -2.45. The van der Waals surface area contributed by atoms with Crippen LogP contribution in [0.25, 0.3) is 0 Å². The van der Waals surface area contributed by atoms with E-state index in [-0.39, 0.29) is 34.7 Å². The average molecular weight is 447 g/mol. The quantitative estimate of drug-likeness (QED) is 0.679. The van der Waals surface area contributed by atoms with Gasteiger partial charge in [-0.2, -0.15) is 0 Å². The van der Waals surface area contributed by atoms with Gasteiger partial charge in [0.15, 0.2) is 11.6 Å². The molecule has 8 heteroatoms. The highest BCUT2D eigenvalue weighted by molar-refractivity contribution is 7.89. The first-order valence-corrected chi connectivity index (χ1v) is 12.2. The molecule has 4 rings (SSSR count). The number of hydrogen-bond acceptors (Lipinski definition) is 4. The number of para-hydroxylation sites is 1. The third-order valence-electron chi connectivity index (χ3n) is 5.80. The molecule has 0 aromatic heterocycles. The van der Waals surface area contributed by atoms with Crippen molar-refractivity contribution in [2.24, 2.45) is 0 Å². The number of carbonyl (C=O) groups is 1. The summed E-state index contributed by atoms with van der Waals surface area (Å²) in [6.45, 7) is 1.77. The molecular formula is C23H27FN2O4S. The van der Waals surface area contributed by atoms with Gasteiger partial charge in [-0.05, 0) is 68.9 Å². The van der Waals surface area contributed by atoms with E-state index in [1.807, 2.05) is 0 Å². The number of halogens is 1. The molecule has 2 aliphatic carbocycles. The SMILES string of the molecule is Cc1ccc(S(=O)(=O)NC2CC2)cc1C(=O)NC1CCCCC1Oc1ccccc1F. The molecule has 6 nitrogen and oxygen atoms in total. The van der Waals surface area contributed by atoms with E-state index in [1.54, 1.807) is 31.2 Å². The van der Waals surface area contributed by atoms with Crippen molar-refractivity contribution in [3.05, 3.63) is 59.4 Å². The van der Waals surface area contributed by atoms with Crippen LogP contribution in [0, 0.1) is 12.7 Å². The third kappa shape index (κ3) is 5.25. The van der Waals surface area contributed by atoms with Gasteiger partial charge in [0.1, 0.15) is 6.10 Å². The van der Waals surface area contributed by atoms with Crippen molar-refractivity contribution in [2.45, 2.75) is 68.5 Å². The van der Waals surface area contributed by atoms with Gasteiger partial charge in [0, 0.05) is 11.6 Å². The van der Waals surface area contributed by atoms with Crippen LogP contribution in [0.1, 0.15) is 54.4 Å². The molecule has 1 amide bonds. The first-order valence-electron chi connectivity index (χ1n) is 10.7. The average Bonchev–Trinajstić information content (AvgIpc) is 3.54. The predicted octanol–water partition coefficient (Wildman–Crippen LogP) is 3.69. The largest absolute Gasteiger partial charge is 0.485 e. The van der Waals surface area contributed by atoms with Gasteiger partial charge in [-0.3, -0.25) is 4.79 Å². The lowest BCUT2D eigenvalue weighted by molar-refractivity contribution is 0.0786. The van der Waals surface area contributed by atoms with Gasteiger partial charge in [-0.25, -0.2) is 17.5 Å². The molecule has 166 valence electrons. The molecule has 2 saturated carbocycles. The molecule has 0 radical (unpaired) electrons. The van der Waals surface area contributed by atoms with Gasteiger partial charge in [0.25, 0.3) is 5.91 Å². The fourth-order valence-corrected chi connectivity index (χ4v) is 5.18. The van der Waals surface area contributed by atoms with Crippen LogP contribution < -0.4 is 14.8 Å². The molecule has 31 heavy (non-hydrogen) atoms. The molecule has 2 atom stereocenters. The first kappa shape index (κ1) is 21.8. The number of nitrogens with one attached hydrogen (secondary N) is 2. The number of benzene rings is 2. The van der Waals surface area contributed by atoms with Crippen LogP contribution in [-0.4, -0.2) is 32.5 Å². The molecule has 0 aliphatic heterocycles. The van der Waals surface area contributed by atoms with Gasteiger partial charge >= 0.3 is 0 Å². The van der Waals surface area contributed by atoms with E-state index in [9.17, 15) is 17.6 Å². The van der Waals surface area contributed by atoms with Crippen molar-refractivity contribution in [3.8, 4) is 5.75 Å². The second-order valence-electron chi connectivity index (χ2n) is 8.32. The second-order valence-corrected chi connectivity index (χ2v) is 10.0. The van der Waals surface area contributed by atoms with E-state index in [0.29, 0.717) is 24.0 Å². The summed E-state index contributed by atoms with van der Waals surface area (Å²) < 4.78 is 47.7. The van der Waals surface area contributed by atoms with Crippen LogP contribution in [0.15, 0.2) is 47.4 Å². The minimum Gasteiger partial charge on any atom is -0.485 e. The van der Waals surface area contributed by atoms with Crippen LogP contribution >= 0.6 is 0 Å². The third-order valence-corrected chi connectivity index (χ3v) is 7.32. The Morgan fingerprint density at radius 1 is 1.06 bits per heavy atom. The Labute approximate surface area is 182 Å². The van der Waals surface area contributed by atoms with Gasteiger partial charge < -0.3 is 10.1 Å². The molecule has 0 saturated heterocycles. The van der Waals surface area contributed by atoms with E-state index >= 15 is 0 Å². The first-order chi connectivity index (χ1) is 14.8. The Morgan fingerprint density at radius 3 is 2.55 bits per heavy atom. The van der Waals surface area contributed by atoms with Crippen molar-refractivity contribution in [3.63, 3.8) is 0 Å². The van der Waals surface area contributed by atoms with Gasteiger partial charge in [0.05, 0.1) is 10.9 Å². The summed E-state index contributed by atoms with van der Waals surface area (Å²) >= 11 is 0. The molecule has 2 aromatic carbocycles. The maximum absolute atomic E-state index is 14.0. The van der Waals surface area contributed by atoms with Crippen molar-refractivity contribution < 1.29 is 22.3 Å². The number of ether oxygens (including phenoxy) is 1. The summed E-state index contributed by atoms with van der Waals surface area (Å²) in [7, 11) is -3.66. The summed E-state index contributed by atoms with van der Waals surface area (Å²) in [5.41, 5.74) is 0.999. The number of aryl methyl sites for hydroxylation is 1. The Bertz CT molecular complexity index is 1070. The number of carbonyl (C=O) groups excluding carboxylic acids is 1. The molecule has 0 bridgehead atoms. The lowest BCUT2D eigenvalue weighted by Gasteiger charge is -2.32. The van der Waals surface area contributed by atoms with Gasteiger partial charge in [-0.15, -0.1) is 0 Å². The molecule has 2 fully saturated rings. The smallest absolute Gasteiger partial charge is 0.251 e. The van der Waals surface area contributed by atoms with E-state index in [1.165, 1.54) is 18.2 Å². The summed E-state index contributed by atoms with van der Waals surface area (Å²) in [5, 5.41) is 3.00. The van der Waals surface area contributed by atoms with Crippen molar-refractivity contribution >= 4 is 15.9 Å². The van der Waals surface area contributed by atoms with E-state index in [4.69, 9.17) is 4.74 Å². The van der Waals surface area contributed by atoms with Crippen molar-refractivity contribution in [1.82, 2.24) is 10.0 Å². The van der Waals surface area contributed by atoms with Crippen LogP contribution in [0.3, 0.4) is 0 Å². The summed E-state index contributed by atoms with van der Waals surface area (Å²) in [5.74, 6) is -0.617. The summed E-state index contributed by atoms with van der Waals surface area (Å²) in [6, 6.07) is 10.5. The topological polar surface area (TPSA) is 84.5 Å². The van der Waals surface area contributed by atoms with E-state index < -0.39 is 15.8 Å². The minimum absolute atomic E-state index is 0.0119. The molecule has 0 spiro atoms. The lowest BCUT2D eigenvalue weighted by atomic mass is 9.92. The lowest BCUT2D eigenvalue weighted by Crippen LogP contribution is -2.48. The Morgan fingerprint density at radius 2 is 1.81 bits per heavy atom. The number of hydrogen-bond donors (Lipinski definition) is 2. The van der Waals surface area contributed by atoms with E-state index in [2.05, 4.69) is 10.0 Å². The van der Waals surface area contributed by atoms with Crippen LogP contribution in [0.2, 0.25) is 0 Å². The van der Waals surface area contributed by atoms with Crippen LogP contribution in [0.4, 0.5) is 4.39 Å². The standard InChI is InChI=1S/C23H27FN2O4S/c1-15-10-13-17(31(28,29)26-16-11-12-16)14-18(15)23(27)25-20-7-3-5-9-22(20)30-21-8-4-2-6-19(21)24/h2,4,6,8,10,13-14,16,20,22,26H,3,5,7,9,11-12H2,1H3,(H,25,27). The summed E-state index contributed by atoms with van der Waals surface area (Å²) in [4.78, 5) is 13.1. The monoisotopic (exact) mass is 446 g/mol. The van der Waals surface area contributed by atoms with Crippen molar-refractivity contribution in [1.29, 1.82) is 0 Å². The molecule has 2 aliphatic rings. The molecule has 2 N–H and O–H groups in total. The Kier molecular flexibility index (Phi) is 6.29. The van der Waals surface area contributed by atoms with Gasteiger partial charge in [-0.1, -0.05) is 24.6 Å².